The van der Waals surface area contributed by atoms with Gasteiger partial charge in [-0.2, -0.15) is 13.2 Å². The van der Waals surface area contributed by atoms with E-state index in [-0.39, 0.29) is 45.8 Å². The first-order chi connectivity index (χ1) is 21.8. The molecule has 2 aromatic carbocycles. The highest BCUT2D eigenvalue weighted by Gasteiger charge is 2.50. The number of ketones is 2. The first kappa shape index (κ1) is 34.9. The Hall–Kier alpha value is -3.41. The van der Waals surface area contributed by atoms with E-state index in [0.29, 0.717) is 55.7 Å². The molecular formula is C34H35Cl2F3N2O6. The number of ether oxygens (including phenoxy) is 2. The van der Waals surface area contributed by atoms with Gasteiger partial charge in [-0.15, -0.1) is 0 Å². The third kappa shape index (κ3) is 6.93. The lowest BCUT2D eigenvalue weighted by Gasteiger charge is -2.49. The molecule has 0 bridgehead atoms. The molecule has 0 saturated carbocycles. The number of alkyl halides is 3. The van der Waals surface area contributed by atoms with Gasteiger partial charge in [-0.3, -0.25) is 19.7 Å². The molecule has 0 radical (unpaired) electrons. The number of nitro benzene ring substituents is 1. The van der Waals surface area contributed by atoms with Crippen molar-refractivity contribution in [3.05, 3.63) is 84.2 Å². The maximum atomic E-state index is 14.2. The lowest BCUT2D eigenvalue weighted by Crippen LogP contribution is -2.44. The minimum Gasteiger partial charge on any atom is -0.448 e. The Labute approximate surface area is 280 Å². The molecule has 0 unspecified atom stereocenters. The summed E-state index contributed by atoms with van der Waals surface area (Å²) in [7, 11) is 1.60. The molecule has 0 spiro atoms. The zero-order valence-corrected chi connectivity index (χ0v) is 28.2. The van der Waals surface area contributed by atoms with E-state index in [9.17, 15) is 32.9 Å². The minimum atomic E-state index is -4.83. The van der Waals surface area contributed by atoms with Crippen LogP contribution in [-0.4, -0.2) is 41.7 Å². The standard InChI is InChI=1S/C34H35Cl2F3N2O6/c1-32(2)14-23-29(25(42)16-32)28(30-24(40(23)9-6-10-46-5)15-33(3,4)17-26(30)43)20-12-19(35)13-21(36)31(20)47-27-8-7-18(34(37,38)39)11-22(27)41(44)45/h7-8,11-13,28H,6,9-10,14-17H2,1-5H3. The van der Waals surface area contributed by atoms with Crippen LogP contribution in [-0.2, 0) is 20.5 Å². The highest BCUT2D eigenvalue weighted by molar-refractivity contribution is 6.35. The molecule has 0 saturated heterocycles. The first-order valence-corrected chi connectivity index (χ1v) is 15.9. The monoisotopic (exact) mass is 694 g/mol. The summed E-state index contributed by atoms with van der Waals surface area (Å²) in [6, 6.07) is 4.74. The van der Waals surface area contributed by atoms with Gasteiger partial charge in [-0.05, 0) is 54.4 Å². The van der Waals surface area contributed by atoms with E-state index < -0.39 is 44.8 Å². The number of hydrogen-bond donors (Lipinski definition) is 0. The Morgan fingerprint density at radius 3 is 2.04 bits per heavy atom. The molecule has 13 heteroatoms. The molecule has 0 atom stereocenters. The minimum absolute atomic E-state index is 0.0966. The van der Waals surface area contributed by atoms with Crippen LogP contribution >= 0.6 is 23.2 Å². The number of nitro groups is 1. The summed E-state index contributed by atoms with van der Waals surface area (Å²) < 4.78 is 51.7. The normalized spacial score (nSPS) is 19.6. The molecule has 252 valence electrons. The van der Waals surface area contributed by atoms with Crippen LogP contribution in [0.25, 0.3) is 0 Å². The summed E-state index contributed by atoms with van der Waals surface area (Å²) in [5, 5.41) is 12.0. The summed E-state index contributed by atoms with van der Waals surface area (Å²) in [4.78, 5) is 41.4. The number of rotatable bonds is 8. The Morgan fingerprint density at radius 2 is 1.53 bits per heavy atom. The van der Waals surface area contributed by atoms with Gasteiger partial charge in [0.25, 0.3) is 0 Å². The smallest absolute Gasteiger partial charge is 0.416 e. The van der Waals surface area contributed by atoms with Crippen molar-refractivity contribution in [1.29, 1.82) is 0 Å². The molecule has 2 aliphatic carbocycles. The van der Waals surface area contributed by atoms with Gasteiger partial charge in [0.05, 0.1) is 15.5 Å². The van der Waals surface area contributed by atoms with Gasteiger partial charge in [0, 0.05) is 78.2 Å². The fourth-order valence-electron chi connectivity index (χ4n) is 6.93. The van der Waals surface area contributed by atoms with Crippen molar-refractivity contribution in [3.8, 4) is 11.5 Å². The van der Waals surface area contributed by atoms with Crippen molar-refractivity contribution in [2.45, 2.75) is 71.9 Å². The lowest BCUT2D eigenvalue weighted by molar-refractivity contribution is -0.385. The van der Waals surface area contributed by atoms with Crippen molar-refractivity contribution in [2.75, 3.05) is 20.3 Å². The fourth-order valence-corrected chi connectivity index (χ4v) is 7.48. The van der Waals surface area contributed by atoms with Crippen LogP contribution in [0.4, 0.5) is 18.9 Å². The Balaban J connectivity index is 1.78. The molecule has 0 N–H and O–H groups in total. The summed E-state index contributed by atoms with van der Waals surface area (Å²) in [5.74, 6) is -1.98. The number of carbonyl (C=O) groups is 2. The Bertz CT molecular complexity index is 1680. The SMILES string of the molecule is COCCCN1C2=C(C(=O)CC(C)(C)C2)C(c2cc(Cl)cc(Cl)c2Oc2ccc(C(F)(F)F)cc2[N+](=O)[O-])C2=C1CC(C)(C)CC2=O. The van der Waals surface area contributed by atoms with Crippen LogP contribution in [0.15, 0.2) is 52.9 Å². The number of nitrogens with zero attached hydrogens (tertiary/aromatic N) is 2. The highest BCUT2D eigenvalue weighted by atomic mass is 35.5. The summed E-state index contributed by atoms with van der Waals surface area (Å²) in [6.45, 7) is 8.99. The quantitative estimate of drug-likeness (QED) is 0.154. The maximum Gasteiger partial charge on any atom is 0.416 e. The molecule has 1 heterocycles. The van der Waals surface area contributed by atoms with Crippen LogP contribution in [0.1, 0.15) is 76.8 Å². The van der Waals surface area contributed by atoms with Crippen molar-refractivity contribution in [3.63, 3.8) is 0 Å². The van der Waals surface area contributed by atoms with Crippen LogP contribution in [0.2, 0.25) is 10.0 Å². The number of hydrogen-bond acceptors (Lipinski definition) is 7. The number of carbonyl (C=O) groups excluding carboxylic acids is 2. The van der Waals surface area contributed by atoms with E-state index in [2.05, 4.69) is 4.90 Å². The topological polar surface area (TPSA) is 99.0 Å². The Kier molecular flexibility index (Phi) is 9.33. The largest absolute Gasteiger partial charge is 0.448 e. The van der Waals surface area contributed by atoms with Gasteiger partial charge in [-0.25, -0.2) is 0 Å². The second-order valence-electron chi connectivity index (χ2n) is 13.9. The number of methoxy groups -OCH3 is 1. The lowest BCUT2D eigenvalue weighted by atomic mass is 9.63. The molecule has 0 aromatic heterocycles. The third-order valence-corrected chi connectivity index (χ3v) is 9.29. The van der Waals surface area contributed by atoms with E-state index >= 15 is 0 Å². The van der Waals surface area contributed by atoms with E-state index in [1.54, 1.807) is 7.11 Å². The van der Waals surface area contributed by atoms with Crippen molar-refractivity contribution in [2.24, 2.45) is 10.8 Å². The molecule has 1 aliphatic heterocycles. The van der Waals surface area contributed by atoms with E-state index in [4.69, 9.17) is 32.7 Å². The molecule has 2 aromatic rings. The molecule has 0 fully saturated rings. The predicted molar refractivity (Wildman–Crippen MR) is 171 cm³/mol. The highest BCUT2D eigenvalue weighted by Crippen LogP contribution is 2.57. The van der Waals surface area contributed by atoms with Gasteiger partial charge >= 0.3 is 11.9 Å². The van der Waals surface area contributed by atoms with E-state index in [1.807, 2.05) is 27.7 Å². The van der Waals surface area contributed by atoms with Gasteiger partial charge < -0.3 is 14.4 Å². The summed E-state index contributed by atoms with van der Waals surface area (Å²) >= 11 is 13.2. The zero-order chi connectivity index (χ0) is 34.6. The van der Waals surface area contributed by atoms with Crippen molar-refractivity contribution in [1.82, 2.24) is 4.90 Å². The van der Waals surface area contributed by atoms with E-state index in [0.717, 1.165) is 17.5 Å². The number of Topliss-reactive ketones (excluding diaryl/α,β-unsaturated/α-hetero) is 2. The van der Waals surface area contributed by atoms with Crippen LogP contribution in [0.5, 0.6) is 11.5 Å². The Morgan fingerprint density at radius 1 is 0.957 bits per heavy atom. The zero-order valence-electron chi connectivity index (χ0n) is 26.6. The second kappa shape index (κ2) is 12.6. The maximum absolute atomic E-state index is 14.2. The van der Waals surface area contributed by atoms with Gasteiger partial charge in [-0.1, -0.05) is 50.9 Å². The van der Waals surface area contributed by atoms with Crippen LogP contribution in [0, 0.1) is 20.9 Å². The summed E-state index contributed by atoms with van der Waals surface area (Å²) in [5.41, 5.74) is -0.424. The van der Waals surface area contributed by atoms with Crippen LogP contribution < -0.4 is 4.74 Å². The molecule has 47 heavy (non-hydrogen) atoms. The van der Waals surface area contributed by atoms with Gasteiger partial charge in [0.2, 0.25) is 5.75 Å². The first-order valence-electron chi connectivity index (χ1n) is 15.1. The molecule has 3 aliphatic rings. The van der Waals surface area contributed by atoms with Crippen molar-refractivity contribution >= 4 is 40.5 Å². The van der Waals surface area contributed by atoms with Crippen LogP contribution in [0.3, 0.4) is 0 Å². The van der Waals surface area contributed by atoms with Crippen molar-refractivity contribution < 1.29 is 37.2 Å². The number of benzene rings is 2. The van der Waals surface area contributed by atoms with E-state index in [1.165, 1.54) is 12.1 Å². The fraction of sp³-hybridized carbons (Fsp3) is 0.471. The summed E-state index contributed by atoms with van der Waals surface area (Å²) in [6.07, 6.45) is -2.75. The average molecular weight is 696 g/mol. The number of allylic oxidation sites excluding steroid dienone is 4. The molecule has 8 nitrogen and oxygen atoms in total. The molecule has 0 amide bonds. The second-order valence-corrected chi connectivity index (χ2v) is 14.7. The predicted octanol–water partition coefficient (Wildman–Crippen LogP) is 9.43. The van der Waals surface area contributed by atoms with Gasteiger partial charge in [0.15, 0.2) is 17.3 Å². The molecule has 5 rings (SSSR count). The van der Waals surface area contributed by atoms with Gasteiger partial charge in [0.1, 0.15) is 0 Å². The third-order valence-electron chi connectivity index (χ3n) is 8.80. The number of halogens is 5. The molecular weight excluding hydrogens is 660 g/mol. The average Bonchev–Trinajstić information content (AvgIpc) is 2.93.